The summed E-state index contributed by atoms with van der Waals surface area (Å²) < 4.78 is 0. The Balaban J connectivity index is 1.40. The second-order valence-electron chi connectivity index (χ2n) is 9.32. The summed E-state index contributed by atoms with van der Waals surface area (Å²) in [5, 5.41) is 14.5. The number of amidine groups is 1. The molecule has 6 rings (SSSR count). The summed E-state index contributed by atoms with van der Waals surface area (Å²) in [6.45, 7) is 1.01. The number of amides is 1. The molecule has 1 fully saturated rings. The summed E-state index contributed by atoms with van der Waals surface area (Å²) in [6, 6.07) is 35.8. The molecule has 8 heteroatoms. The zero-order chi connectivity index (χ0) is 27.5. The largest absolute Gasteiger partial charge is 0.379 e. The molecule has 0 spiro atoms. The van der Waals surface area contributed by atoms with Crippen molar-refractivity contribution in [3.63, 3.8) is 0 Å². The van der Waals surface area contributed by atoms with Crippen LogP contribution in [0, 0.1) is 11.3 Å². The number of thioether (sulfide) groups is 2. The summed E-state index contributed by atoms with van der Waals surface area (Å²) in [5.74, 6) is -0.0787. The normalized spacial score (nSPS) is 17.3. The van der Waals surface area contributed by atoms with E-state index >= 15 is 0 Å². The molecular weight excluding hydrogens is 535 g/mol. The molecule has 0 aliphatic carbocycles. The molecule has 1 amide bonds. The van der Waals surface area contributed by atoms with E-state index in [0.717, 1.165) is 32.4 Å². The van der Waals surface area contributed by atoms with Crippen LogP contribution in [0.3, 0.4) is 0 Å². The van der Waals surface area contributed by atoms with Crippen molar-refractivity contribution >= 4 is 51.7 Å². The molecule has 0 radical (unpaired) electrons. The van der Waals surface area contributed by atoms with E-state index in [2.05, 4.69) is 40.6 Å². The highest BCUT2D eigenvalue weighted by atomic mass is 32.2. The van der Waals surface area contributed by atoms with Gasteiger partial charge >= 0.3 is 0 Å². The number of anilines is 2. The van der Waals surface area contributed by atoms with Crippen LogP contribution in [0.1, 0.15) is 16.7 Å². The highest BCUT2D eigenvalue weighted by Gasteiger charge is 2.39. The molecule has 196 valence electrons. The Kier molecular flexibility index (Phi) is 7.32. The van der Waals surface area contributed by atoms with Gasteiger partial charge in [0.05, 0.1) is 40.3 Å². The number of carbonyl (C=O) groups excluding carboxylic acids is 1. The molecule has 1 saturated heterocycles. The van der Waals surface area contributed by atoms with Gasteiger partial charge in [-0.15, -0.1) is 0 Å². The van der Waals surface area contributed by atoms with E-state index in [1.807, 2.05) is 73.8 Å². The zero-order valence-corrected chi connectivity index (χ0v) is 23.4. The smallest absolute Gasteiger partial charge is 0.269 e. The standard InChI is InChI=1S/C32H25N5OS2/c1-36-27-14-8-9-15-28(27)39-31(36)29-30(38)37(21-23-12-6-3-7-13-23)32(40-29)35-26-18-24(19-33)16-17-25(26)34-20-22-10-4-2-5-11-22/h2-18,34H,20-21H2,1H3/b31-29-,35-32?. The van der Waals surface area contributed by atoms with Gasteiger partial charge in [-0.25, -0.2) is 4.99 Å². The van der Waals surface area contributed by atoms with Crippen LogP contribution >= 0.6 is 23.5 Å². The molecule has 0 unspecified atom stereocenters. The first-order valence-corrected chi connectivity index (χ1v) is 14.4. The predicted octanol–water partition coefficient (Wildman–Crippen LogP) is 7.34. The van der Waals surface area contributed by atoms with Crippen LogP contribution in [-0.2, 0) is 17.9 Å². The Bertz CT molecular complexity index is 1680. The summed E-state index contributed by atoms with van der Waals surface area (Å²) in [4.78, 5) is 24.6. The minimum absolute atomic E-state index is 0.0787. The average Bonchev–Trinajstić information content (AvgIpc) is 3.49. The maximum Gasteiger partial charge on any atom is 0.269 e. The molecule has 4 aromatic carbocycles. The van der Waals surface area contributed by atoms with E-state index in [1.54, 1.807) is 28.8 Å². The van der Waals surface area contributed by atoms with E-state index in [4.69, 9.17) is 4.99 Å². The number of fused-ring (bicyclic) bond motifs is 1. The van der Waals surface area contributed by atoms with Crippen LogP contribution in [-0.4, -0.2) is 23.0 Å². The molecule has 0 aromatic heterocycles. The monoisotopic (exact) mass is 559 g/mol. The first-order valence-electron chi connectivity index (χ1n) is 12.8. The Hall–Kier alpha value is -4.45. The van der Waals surface area contributed by atoms with Crippen molar-refractivity contribution in [1.82, 2.24) is 4.90 Å². The lowest BCUT2D eigenvalue weighted by atomic mass is 10.1. The van der Waals surface area contributed by atoms with Gasteiger partial charge in [-0.3, -0.25) is 9.69 Å². The van der Waals surface area contributed by atoms with Crippen LogP contribution in [0.15, 0.2) is 123 Å². The fourth-order valence-electron chi connectivity index (χ4n) is 4.56. The first-order chi connectivity index (χ1) is 19.6. The van der Waals surface area contributed by atoms with Gasteiger partial charge in [-0.2, -0.15) is 5.26 Å². The topological polar surface area (TPSA) is 71.7 Å². The maximum absolute atomic E-state index is 14.0. The third-order valence-electron chi connectivity index (χ3n) is 6.65. The number of rotatable bonds is 6. The number of aliphatic imine (C=N–C) groups is 1. The molecule has 0 atom stereocenters. The summed E-state index contributed by atoms with van der Waals surface area (Å²) >= 11 is 2.99. The molecule has 40 heavy (non-hydrogen) atoms. The van der Waals surface area contributed by atoms with Crippen molar-refractivity contribution in [2.45, 2.75) is 18.0 Å². The molecule has 6 nitrogen and oxygen atoms in total. The van der Waals surface area contributed by atoms with Crippen LogP contribution < -0.4 is 10.2 Å². The number of hydrogen-bond donors (Lipinski definition) is 1. The van der Waals surface area contributed by atoms with E-state index in [0.29, 0.717) is 34.4 Å². The van der Waals surface area contributed by atoms with Gasteiger partial charge in [0.25, 0.3) is 5.91 Å². The summed E-state index contributed by atoms with van der Waals surface area (Å²) in [6.07, 6.45) is 0. The van der Waals surface area contributed by atoms with Gasteiger partial charge in [0.15, 0.2) is 5.17 Å². The van der Waals surface area contributed by atoms with Crippen LogP contribution in [0.5, 0.6) is 0 Å². The Morgan fingerprint density at radius 2 is 1.57 bits per heavy atom. The van der Waals surface area contributed by atoms with Crippen molar-refractivity contribution in [1.29, 1.82) is 5.26 Å². The van der Waals surface area contributed by atoms with Crippen LogP contribution in [0.2, 0.25) is 0 Å². The molecule has 4 aromatic rings. The number of hydrogen-bond acceptors (Lipinski definition) is 7. The lowest BCUT2D eigenvalue weighted by Crippen LogP contribution is -2.29. The van der Waals surface area contributed by atoms with Crippen molar-refractivity contribution in [3.05, 3.63) is 130 Å². The zero-order valence-electron chi connectivity index (χ0n) is 21.7. The fraction of sp³-hybridized carbons (Fsp3) is 0.0938. The lowest BCUT2D eigenvalue weighted by molar-refractivity contribution is -0.122. The lowest BCUT2D eigenvalue weighted by Gasteiger charge is -2.17. The third-order valence-corrected chi connectivity index (χ3v) is 9.08. The number of nitriles is 1. The van der Waals surface area contributed by atoms with Gasteiger partial charge in [0.1, 0.15) is 4.91 Å². The van der Waals surface area contributed by atoms with E-state index in [9.17, 15) is 10.1 Å². The molecule has 2 aliphatic rings. The number of carbonyl (C=O) groups is 1. The van der Waals surface area contributed by atoms with Crippen molar-refractivity contribution in [3.8, 4) is 6.07 Å². The van der Waals surface area contributed by atoms with Crippen molar-refractivity contribution < 1.29 is 4.79 Å². The van der Waals surface area contributed by atoms with Gasteiger partial charge in [-0.05, 0) is 53.2 Å². The number of nitrogens with one attached hydrogen (secondary N) is 1. The maximum atomic E-state index is 14.0. The minimum atomic E-state index is -0.0787. The Morgan fingerprint density at radius 3 is 2.30 bits per heavy atom. The molecule has 0 saturated carbocycles. The van der Waals surface area contributed by atoms with E-state index < -0.39 is 0 Å². The SMILES string of the molecule is CN1/C(=C2/SC(=Nc3cc(C#N)ccc3NCc3ccccc3)N(Cc3ccccc3)C2=O)Sc2ccccc21. The minimum Gasteiger partial charge on any atom is -0.379 e. The summed E-state index contributed by atoms with van der Waals surface area (Å²) in [7, 11) is 1.99. The molecular formula is C32H25N5OS2. The van der Waals surface area contributed by atoms with Crippen LogP contribution in [0.4, 0.5) is 17.1 Å². The van der Waals surface area contributed by atoms with E-state index in [-0.39, 0.29) is 5.91 Å². The van der Waals surface area contributed by atoms with Crippen LogP contribution in [0.25, 0.3) is 0 Å². The van der Waals surface area contributed by atoms with Gasteiger partial charge < -0.3 is 10.2 Å². The Morgan fingerprint density at radius 1 is 0.875 bits per heavy atom. The second-order valence-corrected chi connectivity index (χ2v) is 11.3. The molecule has 2 aliphatic heterocycles. The van der Waals surface area contributed by atoms with Gasteiger partial charge in [0, 0.05) is 18.5 Å². The predicted molar refractivity (Wildman–Crippen MR) is 164 cm³/mol. The third kappa shape index (κ3) is 5.22. The summed E-state index contributed by atoms with van der Waals surface area (Å²) in [5.41, 5.74) is 5.15. The molecule has 1 N–H and O–H groups in total. The highest BCUT2D eigenvalue weighted by molar-refractivity contribution is 8.19. The first kappa shape index (κ1) is 25.8. The van der Waals surface area contributed by atoms with Crippen molar-refractivity contribution in [2.75, 3.05) is 17.3 Å². The molecule has 2 heterocycles. The number of nitrogens with zero attached hydrogens (tertiary/aromatic N) is 4. The quantitative estimate of drug-likeness (QED) is 0.249. The number of para-hydroxylation sites is 1. The fourth-order valence-corrected chi connectivity index (χ4v) is 6.90. The van der Waals surface area contributed by atoms with Gasteiger partial charge in [0.2, 0.25) is 0 Å². The number of benzene rings is 4. The van der Waals surface area contributed by atoms with Gasteiger partial charge in [-0.1, -0.05) is 84.6 Å². The molecule has 0 bridgehead atoms. The average molecular weight is 560 g/mol. The van der Waals surface area contributed by atoms with Crippen molar-refractivity contribution in [2.24, 2.45) is 4.99 Å². The highest BCUT2D eigenvalue weighted by Crippen LogP contribution is 2.50. The van der Waals surface area contributed by atoms with E-state index in [1.165, 1.54) is 11.8 Å². The Labute approximate surface area is 242 Å². The second kappa shape index (κ2) is 11.3.